The molecule has 0 aliphatic rings. The van der Waals surface area contributed by atoms with E-state index in [1.807, 2.05) is 0 Å². The predicted octanol–water partition coefficient (Wildman–Crippen LogP) is 16.4. The molecule has 13 aromatic rings. The Hall–Kier alpha value is -8.40. The molecule has 0 fully saturated rings. The van der Waals surface area contributed by atoms with E-state index in [2.05, 4.69) is 240 Å². The van der Waals surface area contributed by atoms with E-state index < -0.39 is 0 Å². The molecule has 63 heavy (non-hydrogen) atoms. The molecule has 0 atom stereocenters. The minimum atomic E-state index is 0.871. The van der Waals surface area contributed by atoms with Crippen LogP contribution in [0.25, 0.3) is 121 Å². The van der Waals surface area contributed by atoms with Gasteiger partial charge in [-0.1, -0.05) is 188 Å². The summed E-state index contributed by atoms with van der Waals surface area (Å²) in [5.74, 6) is 0. The maximum absolute atomic E-state index is 6.94. The Bertz CT molecular complexity index is 3890. The van der Waals surface area contributed by atoms with Crippen molar-refractivity contribution < 1.29 is 4.42 Å². The topological polar surface area (TPSA) is 23.0 Å². The van der Waals surface area contributed by atoms with E-state index >= 15 is 0 Å². The minimum Gasteiger partial charge on any atom is -0.454 e. The molecule has 3 nitrogen and oxygen atoms in total. The average Bonchev–Trinajstić information content (AvgIpc) is 4.03. The fourth-order valence-corrected chi connectivity index (χ4v) is 10.2. The van der Waals surface area contributed by atoms with Gasteiger partial charge in [-0.15, -0.1) is 0 Å². The van der Waals surface area contributed by atoms with Crippen LogP contribution in [0, 0.1) is 0 Å². The summed E-state index contributed by atoms with van der Waals surface area (Å²) in [7, 11) is 0. The number of rotatable bonds is 6. The van der Waals surface area contributed by atoms with Crippen molar-refractivity contribution in [1.82, 2.24) is 9.13 Å². The zero-order valence-corrected chi connectivity index (χ0v) is 34.2. The van der Waals surface area contributed by atoms with E-state index in [1.165, 1.54) is 66.0 Å². The van der Waals surface area contributed by atoms with E-state index in [4.69, 9.17) is 4.42 Å². The predicted molar refractivity (Wildman–Crippen MR) is 264 cm³/mol. The zero-order valence-electron chi connectivity index (χ0n) is 34.2. The number of hydrogen-bond acceptors (Lipinski definition) is 1. The van der Waals surface area contributed by atoms with Gasteiger partial charge < -0.3 is 13.6 Å². The van der Waals surface area contributed by atoms with Gasteiger partial charge in [-0.2, -0.15) is 0 Å². The summed E-state index contributed by atoms with van der Waals surface area (Å²) in [4.78, 5) is 0. The maximum atomic E-state index is 6.94. The molecule has 10 aromatic carbocycles. The highest BCUT2D eigenvalue weighted by molar-refractivity contribution is 6.23. The van der Waals surface area contributed by atoms with Gasteiger partial charge in [0.25, 0.3) is 0 Å². The van der Waals surface area contributed by atoms with Crippen LogP contribution in [-0.2, 0) is 0 Å². The highest BCUT2D eigenvalue weighted by atomic mass is 16.3. The molecule has 0 spiro atoms. The molecule has 3 aromatic heterocycles. The van der Waals surface area contributed by atoms with Crippen LogP contribution in [0.5, 0.6) is 0 Å². The summed E-state index contributed by atoms with van der Waals surface area (Å²) in [6.45, 7) is 0. The van der Waals surface area contributed by atoms with Crippen LogP contribution in [0.2, 0.25) is 0 Å². The van der Waals surface area contributed by atoms with Crippen LogP contribution in [0.15, 0.2) is 235 Å². The number of aromatic nitrogens is 2. The monoisotopic (exact) mass is 802 g/mol. The highest BCUT2D eigenvalue weighted by Crippen LogP contribution is 2.47. The minimum absolute atomic E-state index is 0.871. The Morgan fingerprint density at radius 3 is 1.38 bits per heavy atom. The van der Waals surface area contributed by atoms with E-state index in [9.17, 15) is 0 Å². The maximum Gasteiger partial charge on any atom is 0.160 e. The van der Waals surface area contributed by atoms with Gasteiger partial charge in [0.2, 0.25) is 0 Å². The lowest BCUT2D eigenvalue weighted by Crippen LogP contribution is -1.97. The lowest BCUT2D eigenvalue weighted by atomic mass is 9.95. The summed E-state index contributed by atoms with van der Waals surface area (Å²) in [5.41, 5.74) is 18.0. The molecule has 3 heteroatoms. The third-order valence-electron chi connectivity index (χ3n) is 13.0. The molecule has 0 aliphatic heterocycles. The van der Waals surface area contributed by atoms with Crippen molar-refractivity contribution in [3.05, 3.63) is 231 Å². The number of hydrogen-bond donors (Lipinski definition) is 0. The van der Waals surface area contributed by atoms with Gasteiger partial charge in [0.05, 0.1) is 33.4 Å². The van der Waals surface area contributed by atoms with Gasteiger partial charge in [-0.25, -0.2) is 0 Å². The van der Waals surface area contributed by atoms with Crippen molar-refractivity contribution in [2.24, 2.45) is 0 Å². The summed E-state index contributed by atoms with van der Waals surface area (Å²) >= 11 is 0. The van der Waals surface area contributed by atoms with E-state index in [0.717, 1.165) is 55.5 Å². The van der Waals surface area contributed by atoms with Crippen LogP contribution >= 0.6 is 0 Å². The Kier molecular flexibility index (Phi) is 7.91. The number of benzene rings is 10. The molecule has 0 bridgehead atoms. The second-order valence-corrected chi connectivity index (χ2v) is 16.4. The van der Waals surface area contributed by atoms with E-state index in [-0.39, 0.29) is 0 Å². The van der Waals surface area contributed by atoms with Crippen LogP contribution in [0.4, 0.5) is 0 Å². The molecule has 0 saturated carbocycles. The molecule has 3 heterocycles. The molecule has 0 unspecified atom stereocenters. The smallest absolute Gasteiger partial charge is 0.160 e. The summed E-state index contributed by atoms with van der Waals surface area (Å²) in [5, 5.41) is 7.10. The Morgan fingerprint density at radius 2 is 0.714 bits per heavy atom. The number of furan rings is 1. The normalized spacial score (nSPS) is 11.8. The molecule has 0 radical (unpaired) electrons. The standard InChI is InChI=1S/C60H38N2O/c1-3-17-39(18-4-1)40-33-35-42(36-34-40)44-37-38-55(60-59(44)49-24-10-14-32-56(49)63-60)62-52-29-13-9-23-48(52)58-46(26-16-31-54(58)62)45-25-15-30-53-57(45)47-22-8-12-28-51(47)61(53)50-27-11-7-21-43(50)41-19-5-2-6-20-41/h1-38H. The van der Waals surface area contributed by atoms with Gasteiger partial charge in [0.1, 0.15) is 5.58 Å². The van der Waals surface area contributed by atoms with Crippen molar-refractivity contribution in [1.29, 1.82) is 0 Å². The number of para-hydroxylation sites is 4. The number of fused-ring (bicyclic) bond motifs is 9. The van der Waals surface area contributed by atoms with E-state index in [0.29, 0.717) is 0 Å². The van der Waals surface area contributed by atoms with Crippen molar-refractivity contribution in [2.75, 3.05) is 0 Å². The summed E-state index contributed by atoms with van der Waals surface area (Å²) in [6.07, 6.45) is 0. The molecule has 294 valence electrons. The Balaban J connectivity index is 1.05. The molecule has 0 N–H and O–H groups in total. The summed E-state index contributed by atoms with van der Waals surface area (Å²) in [6, 6.07) is 83.2. The molecule has 0 aliphatic carbocycles. The molecule has 0 saturated heterocycles. The fraction of sp³-hybridized carbons (Fsp3) is 0. The number of nitrogens with zero attached hydrogens (tertiary/aromatic N) is 2. The first-order chi connectivity index (χ1) is 31.3. The van der Waals surface area contributed by atoms with Crippen LogP contribution in [-0.4, -0.2) is 9.13 Å². The second kappa shape index (κ2) is 14.1. The van der Waals surface area contributed by atoms with Gasteiger partial charge in [-0.05, 0) is 81.4 Å². The van der Waals surface area contributed by atoms with Crippen molar-refractivity contribution in [3.63, 3.8) is 0 Å². The fourth-order valence-electron chi connectivity index (χ4n) is 10.2. The first-order valence-electron chi connectivity index (χ1n) is 21.6. The van der Waals surface area contributed by atoms with Gasteiger partial charge >= 0.3 is 0 Å². The molecule has 0 amide bonds. The third-order valence-corrected chi connectivity index (χ3v) is 13.0. The van der Waals surface area contributed by atoms with Gasteiger partial charge in [0, 0.05) is 37.9 Å². The van der Waals surface area contributed by atoms with Crippen LogP contribution in [0.3, 0.4) is 0 Å². The van der Waals surface area contributed by atoms with Gasteiger partial charge in [-0.3, -0.25) is 0 Å². The quantitative estimate of drug-likeness (QED) is 0.164. The average molecular weight is 803 g/mol. The lowest BCUT2D eigenvalue weighted by Gasteiger charge is -2.14. The van der Waals surface area contributed by atoms with Crippen molar-refractivity contribution in [2.45, 2.75) is 0 Å². The van der Waals surface area contributed by atoms with Crippen molar-refractivity contribution >= 4 is 65.6 Å². The lowest BCUT2D eigenvalue weighted by molar-refractivity contribution is 0.666. The Labute approximate surface area is 363 Å². The van der Waals surface area contributed by atoms with Crippen molar-refractivity contribution in [3.8, 4) is 55.9 Å². The third kappa shape index (κ3) is 5.40. The first-order valence-corrected chi connectivity index (χ1v) is 21.6. The van der Waals surface area contributed by atoms with Crippen LogP contribution in [0.1, 0.15) is 0 Å². The largest absolute Gasteiger partial charge is 0.454 e. The second-order valence-electron chi connectivity index (χ2n) is 16.4. The molecular formula is C60H38N2O. The summed E-state index contributed by atoms with van der Waals surface area (Å²) < 4.78 is 11.8. The molecule has 13 rings (SSSR count). The highest BCUT2D eigenvalue weighted by Gasteiger charge is 2.24. The Morgan fingerprint density at radius 1 is 0.254 bits per heavy atom. The van der Waals surface area contributed by atoms with E-state index in [1.54, 1.807) is 0 Å². The van der Waals surface area contributed by atoms with Gasteiger partial charge in [0.15, 0.2) is 5.58 Å². The van der Waals surface area contributed by atoms with Crippen LogP contribution < -0.4 is 0 Å². The molecular weight excluding hydrogens is 765 g/mol. The zero-order chi connectivity index (χ0) is 41.4. The SMILES string of the molecule is c1ccc(-c2ccc(-c3ccc(-n4c5ccccc5c5c(-c6cccc7c6c6ccccc6n7-c6ccccc6-c6ccccc6)cccc54)c4oc5ccccc5c34)cc2)cc1. The first kappa shape index (κ1) is 35.4.